The van der Waals surface area contributed by atoms with Gasteiger partial charge in [0.15, 0.2) is 0 Å². The number of nitrogens with zero attached hydrogens (tertiary/aromatic N) is 5. The number of fused-ring (bicyclic) bond motifs is 1. The van der Waals surface area contributed by atoms with Crippen LogP contribution in [-0.4, -0.2) is 26.4 Å². The van der Waals surface area contributed by atoms with Crippen LogP contribution in [0.25, 0.3) is 11.3 Å². The minimum Gasteiger partial charge on any atom is -0.293 e. The van der Waals surface area contributed by atoms with Gasteiger partial charge >= 0.3 is 0 Å². The Balaban J connectivity index is 1.30. The summed E-state index contributed by atoms with van der Waals surface area (Å²) in [7, 11) is 0. The molecule has 0 atom stereocenters. The summed E-state index contributed by atoms with van der Waals surface area (Å²) in [5.41, 5.74) is 6.17. The van der Waals surface area contributed by atoms with Crippen molar-refractivity contribution in [1.29, 1.82) is 5.26 Å². The quantitative estimate of drug-likeness (QED) is 0.701. The lowest BCUT2D eigenvalue weighted by Crippen LogP contribution is -2.31. The van der Waals surface area contributed by atoms with Crippen LogP contribution in [0.5, 0.6) is 0 Å². The highest BCUT2D eigenvalue weighted by Gasteiger charge is 2.28. The molecule has 3 heterocycles. The molecule has 0 unspecified atom stereocenters. The van der Waals surface area contributed by atoms with Gasteiger partial charge in [0.2, 0.25) is 0 Å². The maximum Gasteiger partial charge on any atom is 0.131 e. The third-order valence-electron chi connectivity index (χ3n) is 5.48. The van der Waals surface area contributed by atoms with Gasteiger partial charge in [-0.2, -0.15) is 5.26 Å². The molecule has 5 heteroatoms. The van der Waals surface area contributed by atoms with Gasteiger partial charge in [0.1, 0.15) is 5.82 Å². The minimum atomic E-state index is 0.609. The van der Waals surface area contributed by atoms with Crippen molar-refractivity contribution in [2.75, 3.05) is 6.54 Å². The van der Waals surface area contributed by atoms with E-state index in [0.29, 0.717) is 11.5 Å². The standard InChI is InChI=1S/C23H21N5/c24-12-16-4-6-17(7-5-16)21-3-1-2-20(26-21)15-28-11-10-22-19(14-28)13-25-23(27-22)18-8-9-18/h1-7,13,18H,8-11,14-15H2. The smallest absolute Gasteiger partial charge is 0.131 e. The van der Waals surface area contributed by atoms with Gasteiger partial charge in [0, 0.05) is 55.0 Å². The van der Waals surface area contributed by atoms with Crippen LogP contribution in [0.15, 0.2) is 48.7 Å². The van der Waals surface area contributed by atoms with Gasteiger partial charge in [-0.25, -0.2) is 9.97 Å². The normalized spacial score (nSPS) is 16.4. The van der Waals surface area contributed by atoms with E-state index in [-0.39, 0.29) is 0 Å². The average molecular weight is 367 g/mol. The lowest BCUT2D eigenvalue weighted by molar-refractivity contribution is 0.240. The number of hydrogen-bond acceptors (Lipinski definition) is 5. The van der Waals surface area contributed by atoms with Crippen LogP contribution in [0.3, 0.4) is 0 Å². The number of hydrogen-bond donors (Lipinski definition) is 0. The van der Waals surface area contributed by atoms with Gasteiger partial charge in [0.05, 0.1) is 23.0 Å². The molecule has 3 aromatic rings. The Morgan fingerprint density at radius 3 is 2.71 bits per heavy atom. The van der Waals surface area contributed by atoms with E-state index in [4.69, 9.17) is 15.2 Å². The summed E-state index contributed by atoms with van der Waals surface area (Å²) in [6.07, 6.45) is 5.49. The topological polar surface area (TPSA) is 65.7 Å². The van der Waals surface area contributed by atoms with Crippen LogP contribution >= 0.6 is 0 Å². The van der Waals surface area contributed by atoms with Crippen LogP contribution in [0.4, 0.5) is 0 Å². The Morgan fingerprint density at radius 1 is 1.07 bits per heavy atom. The second-order valence-electron chi connectivity index (χ2n) is 7.64. The highest BCUT2D eigenvalue weighted by molar-refractivity contribution is 5.60. The van der Waals surface area contributed by atoms with Gasteiger partial charge in [-0.3, -0.25) is 9.88 Å². The second-order valence-corrected chi connectivity index (χ2v) is 7.64. The summed E-state index contributed by atoms with van der Waals surface area (Å²) in [4.78, 5) is 16.6. The van der Waals surface area contributed by atoms with Crippen LogP contribution < -0.4 is 0 Å². The maximum atomic E-state index is 8.96. The lowest BCUT2D eigenvalue weighted by atomic mass is 10.1. The van der Waals surface area contributed by atoms with Gasteiger partial charge in [0.25, 0.3) is 0 Å². The van der Waals surface area contributed by atoms with E-state index in [1.165, 1.54) is 24.1 Å². The molecule has 2 aromatic heterocycles. The summed E-state index contributed by atoms with van der Waals surface area (Å²) in [5.74, 6) is 1.65. The largest absolute Gasteiger partial charge is 0.293 e. The Hall–Kier alpha value is -3.10. The van der Waals surface area contributed by atoms with Crippen molar-refractivity contribution in [3.8, 4) is 17.3 Å². The first-order valence-corrected chi connectivity index (χ1v) is 9.82. The molecule has 1 aromatic carbocycles. The average Bonchev–Trinajstić information content (AvgIpc) is 3.59. The van der Waals surface area contributed by atoms with E-state index < -0.39 is 0 Å². The fraction of sp³-hybridized carbons (Fsp3) is 0.304. The summed E-state index contributed by atoms with van der Waals surface area (Å²) in [5, 5.41) is 8.96. The number of benzene rings is 1. The lowest BCUT2D eigenvalue weighted by Gasteiger charge is -2.27. The molecular weight excluding hydrogens is 346 g/mol. The molecule has 1 fully saturated rings. The van der Waals surface area contributed by atoms with Crippen molar-refractivity contribution >= 4 is 0 Å². The zero-order valence-corrected chi connectivity index (χ0v) is 15.7. The van der Waals surface area contributed by atoms with E-state index >= 15 is 0 Å². The summed E-state index contributed by atoms with van der Waals surface area (Å²) < 4.78 is 0. The Kier molecular flexibility index (Phi) is 4.34. The SMILES string of the molecule is N#Cc1ccc(-c2cccc(CN3CCc4nc(C5CC5)ncc4C3)n2)cc1. The molecule has 1 aliphatic carbocycles. The molecule has 0 bridgehead atoms. The predicted molar refractivity (Wildman–Crippen MR) is 106 cm³/mol. The summed E-state index contributed by atoms with van der Waals surface area (Å²) in [6.45, 7) is 2.69. The van der Waals surface area contributed by atoms with E-state index in [1.807, 2.05) is 36.5 Å². The maximum absolute atomic E-state index is 8.96. The molecule has 0 saturated heterocycles. The van der Waals surface area contributed by atoms with Crippen molar-refractivity contribution < 1.29 is 0 Å². The number of nitriles is 1. The van der Waals surface area contributed by atoms with Crippen molar-refractivity contribution in [1.82, 2.24) is 19.9 Å². The van der Waals surface area contributed by atoms with Crippen molar-refractivity contribution in [2.45, 2.75) is 38.3 Å². The van der Waals surface area contributed by atoms with Crippen molar-refractivity contribution in [3.05, 3.63) is 77.0 Å². The van der Waals surface area contributed by atoms with Gasteiger partial charge in [-0.15, -0.1) is 0 Å². The highest BCUT2D eigenvalue weighted by Crippen LogP contribution is 2.38. The monoisotopic (exact) mass is 367 g/mol. The van der Waals surface area contributed by atoms with E-state index in [9.17, 15) is 0 Å². The molecule has 0 spiro atoms. The summed E-state index contributed by atoms with van der Waals surface area (Å²) in [6, 6.07) is 15.9. The number of rotatable bonds is 4. The first-order chi connectivity index (χ1) is 13.8. The van der Waals surface area contributed by atoms with Crippen LogP contribution in [-0.2, 0) is 19.5 Å². The minimum absolute atomic E-state index is 0.609. The molecule has 0 amide bonds. The zero-order chi connectivity index (χ0) is 18.9. The van der Waals surface area contributed by atoms with Gasteiger partial charge in [-0.05, 0) is 37.1 Å². The zero-order valence-electron chi connectivity index (χ0n) is 15.7. The fourth-order valence-corrected chi connectivity index (χ4v) is 3.74. The molecular formula is C23H21N5. The molecule has 1 saturated carbocycles. The molecule has 1 aliphatic heterocycles. The van der Waals surface area contributed by atoms with Crippen molar-refractivity contribution in [3.63, 3.8) is 0 Å². The number of pyridine rings is 1. The molecule has 5 rings (SSSR count). The van der Waals surface area contributed by atoms with Crippen LogP contribution in [0.2, 0.25) is 0 Å². The second kappa shape index (κ2) is 7.14. The third kappa shape index (κ3) is 3.51. The van der Waals surface area contributed by atoms with E-state index in [2.05, 4.69) is 28.1 Å². The highest BCUT2D eigenvalue weighted by atomic mass is 15.1. The fourth-order valence-electron chi connectivity index (χ4n) is 3.74. The molecule has 0 radical (unpaired) electrons. The van der Waals surface area contributed by atoms with Gasteiger partial charge < -0.3 is 0 Å². The molecule has 5 nitrogen and oxygen atoms in total. The molecule has 138 valence electrons. The Labute approximate surface area is 164 Å². The first kappa shape index (κ1) is 17.0. The van der Waals surface area contributed by atoms with Crippen LogP contribution in [0, 0.1) is 11.3 Å². The third-order valence-corrected chi connectivity index (χ3v) is 5.48. The van der Waals surface area contributed by atoms with Crippen LogP contribution in [0.1, 0.15) is 47.1 Å². The Morgan fingerprint density at radius 2 is 1.93 bits per heavy atom. The molecule has 2 aliphatic rings. The number of aromatic nitrogens is 3. The van der Waals surface area contributed by atoms with E-state index in [1.54, 1.807) is 0 Å². The Bertz CT molecular complexity index is 1050. The first-order valence-electron chi connectivity index (χ1n) is 9.82. The molecule has 0 N–H and O–H groups in total. The predicted octanol–water partition coefficient (Wildman–Crippen LogP) is 3.85. The summed E-state index contributed by atoms with van der Waals surface area (Å²) >= 11 is 0. The molecule has 28 heavy (non-hydrogen) atoms. The van der Waals surface area contributed by atoms with Gasteiger partial charge in [-0.1, -0.05) is 18.2 Å². The van der Waals surface area contributed by atoms with Crippen molar-refractivity contribution in [2.24, 2.45) is 0 Å². The van der Waals surface area contributed by atoms with E-state index in [0.717, 1.165) is 48.8 Å².